The summed E-state index contributed by atoms with van der Waals surface area (Å²) in [5.74, 6) is -0.326. The number of aromatic nitrogens is 3. The third-order valence-corrected chi connectivity index (χ3v) is 2.38. The van der Waals surface area contributed by atoms with E-state index >= 15 is 0 Å². The fraction of sp³-hybridized carbons (Fsp3) is 0.300. The molecule has 0 spiro atoms. The van der Waals surface area contributed by atoms with Crippen molar-refractivity contribution in [1.82, 2.24) is 14.9 Å². The molecule has 0 unspecified atom stereocenters. The summed E-state index contributed by atoms with van der Waals surface area (Å²) in [5, 5.41) is 10.3. The lowest BCUT2D eigenvalue weighted by Gasteiger charge is -2.05. The van der Waals surface area contributed by atoms with Gasteiger partial charge in [0.1, 0.15) is 17.6 Å². The van der Waals surface area contributed by atoms with Gasteiger partial charge in [0, 0.05) is 6.54 Å². The number of nitrogens with two attached hydrogens (primary N) is 1. The van der Waals surface area contributed by atoms with Crippen LogP contribution in [-0.2, 0) is 6.54 Å². The molecular weight excluding hydrogens is 222 g/mol. The first kappa shape index (κ1) is 11.2. The van der Waals surface area contributed by atoms with E-state index < -0.39 is 0 Å². The Morgan fingerprint density at radius 3 is 3.00 bits per heavy atom. The Labute approximate surface area is 97.6 Å². The summed E-state index contributed by atoms with van der Waals surface area (Å²) in [6.45, 7) is 4.23. The third kappa shape index (κ3) is 1.99. The van der Waals surface area contributed by atoms with Gasteiger partial charge in [0.05, 0.1) is 17.6 Å². The molecule has 1 amide bonds. The zero-order valence-corrected chi connectivity index (χ0v) is 9.60. The molecule has 2 rings (SSSR count). The van der Waals surface area contributed by atoms with E-state index in [2.05, 4.69) is 20.1 Å². The van der Waals surface area contributed by atoms with Crippen LogP contribution in [0.15, 0.2) is 17.0 Å². The lowest BCUT2D eigenvalue weighted by atomic mass is 10.3. The van der Waals surface area contributed by atoms with Crippen molar-refractivity contribution in [2.24, 2.45) is 0 Å². The van der Waals surface area contributed by atoms with Gasteiger partial charge in [-0.1, -0.05) is 5.16 Å². The average Bonchev–Trinajstić information content (AvgIpc) is 2.88. The van der Waals surface area contributed by atoms with Gasteiger partial charge in [-0.05, 0) is 13.8 Å². The molecule has 2 aromatic rings. The van der Waals surface area contributed by atoms with Gasteiger partial charge in [0.2, 0.25) is 0 Å². The molecule has 7 nitrogen and oxygen atoms in total. The van der Waals surface area contributed by atoms with Crippen molar-refractivity contribution in [2.45, 2.75) is 20.4 Å². The van der Waals surface area contributed by atoms with Gasteiger partial charge < -0.3 is 15.6 Å². The number of rotatable bonds is 3. The molecule has 0 fully saturated rings. The summed E-state index contributed by atoms with van der Waals surface area (Å²) in [4.78, 5) is 12.0. The van der Waals surface area contributed by atoms with Gasteiger partial charge in [-0.3, -0.25) is 9.48 Å². The quantitative estimate of drug-likeness (QED) is 0.827. The van der Waals surface area contributed by atoms with E-state index in [0.29, 0.717) is 29.3 Å². The molecule has 0 aliphatic rings. The number of aryl methyl sites for hydroxylation is 2. The van der Waals surface area contributed by atoms with Crippen molar-refractivity contribution in [3.8, 4) is 0 Å². The minimum atomic E-state index is -0.326. The normalized spacial score (nSPS) is 10.5. The highest BCUT2D eigenvalue weighted by Crippen LogP contribution is 2.18. The van der Waals surface area contributed by atoms with Gasteiger partial charge in [-0.25, -0.2) is 0 Å². The highest BCUT2D eigenvalue weighted by atomic mass is 16.5. The van der Waals surface area contributed by atoms with Crippen molar-refractivity contribution in [1.29, 1.82) is 0 Å². The van der Waals surface area contributed by atoms with Gasteiger partial charge in [0.15, 0.2) is 0 Å². The molecule has 0 saturated carbocycles. The third-order valence-electron chi connectivity index (χ3n) is 2.38. The van der Waals surface area contributed by atoms with E-state index in [1.807, 2.05) is 6.92 Å². The number of amides is 1. The monoisotopic (exact) mass is 235 g/mol. The predicted octanol–water partition coefficient (Wildman–Crippen LogP) is 1.03. The first-order valence-corrected chi connectivity index (χ1v) is 5.17. The van der Waals surface area contributed by atoms with E-state index in [0.717, 1.165) is 0 Å². The first-order chi connectivity index (χ1) is 8.13. The number of carbonyl (C=O) groups is 1. The van der Waals surface area contributed by atoms with Crippen LogP contribution in [0, 0.1) is 6.92 Å². The van der Waals surface area contributed by atoms with Gasteiger partial charge in [0.25, 0.3) is 5.91 Å². The summed E-state index contributed by atoms with van der Waals surface area (Å²) in [6.07, 6.45) is 2.75. The molecule has 90 valence electrons. The highest BCUT2D eigenvalue weighted by molar-refractivity contribution is 6.06. The van der Waals surface area contributed by atoms with Crippen LogP contribution in [0.5, 0.6) is 0 Å². The Morgan fingerprint density at radius 2 is 2.41 bits per heavy atom. The van der Waals surface area contributed by atoms with Crippen molar-refractivity contribution in [3.63, 3.8) is 0 Å². The molecule has 0 radical (unpaired) electrons. The number of nitrogens with zero attached hydrogens (tertiary/aromatic N) is 3. The van der Waals surface area contributed by atoms with E-state index in [9.17, 15) is 4.79 Å². The number of nitrogens with one attached hydrogen (secondary N) is 1. The summed E-state index contributed by atoms with van der Waals surface area (Å²) < 4.78 is 6.19. The average molecular weight is 235 g/mol. The highest BCUT2D eigenvalue weighted by Gasteiger charge is 2.19. The molecule has 0 aliphatic heterocycles. The maximum atomic E-state index is 12.0. The zero-order valence-electron chi connectivity index (χ0n) is 9.60. The van der Waals surface area contributed by atoms with E-state index in [1.54, 1.807) is 11.6 Å². The molecule has 0 aromatic carbocycles. The molecule has 7 heteroatoms. The van der Waals surface area contributed by atoms with Crippen molar-refractivity contribution in [2.75, 3.05) is 11.1 Å². The second-order valence-corrected chi connectivity index (χ2v) is 3.53. The van der Waals surface area contributed by atoms with Crippen LogP contribution in [-0.4, -0.2) is 20.8 Å². The summed E-state index contributed by atoms with van der Waals surface area (Å²) >= 11 is 0. The molecule has 0 atom stereocenters. The number of carbonyl (C=O) groups excluding carboxylic acids is 1. The van der Waals surface area contributed by atoms with E-state index in [-0.39, 0.29) is 5.91 Å². The van der Waals surface area contributed by atoms with Crippen molar-refractivity contribution < 1.29 is 9.32 Å². The van der Waals surface area contributed by atoms with Crippen LogP contribution < -0.4 is 11.1 Å². The minimum Gasteiger partial charge on any atom is -0.395 e. The van der Waals surface area contributed by atoms with Crippen LogP contribution in [0.1, 0.15) is 23.1 Å². The summed E-state index contributed by atoms with van der Waals surface area (Å²) in [6, 6.07) is 0. The van der Waals surface area contributed by atoms with Gasteiger partial charge in [-0.2, -0.15) is 5.10 Å². The second-order valence-electron chi connectivity index (χ2n) is 3.53. The van der Waals surface area contributed by atoms with Gasteiger partial charge >= 0.3 is 0 Å². The fourth-order valence-corrected chi connectivity index (χ4v) is 1.52. The molecule has 2 heterocycles. The molecule has 0 aliphatic carbocycles. The van der Waals surface area contributed by atoms with Crippen LogP contribution in [0.2, 0.25) is 0 Å². The SMILES string of the molecule is CCn1nc(C)c(N)c1C(=O)Nc1cnoc1. The molecule has 0 saturated heterocycles. The molecular formula is C10H13N5O2. The Bertz CT molecular complexity index is 529. The number of hydrogen-bond donors (Lipinski definition) is 2. The van der Waals surface area contributed by atoms with Crippen molar-refractivity contribution >= 4 is 17.3 Å². The number of anilines is 2. The Hall–Kier alpha value is -2.31. The zero-order chi connectivity index (χ0) is 12.4. The second kappa shape index (κ2) is 4.28. The lowest BCUT2D eigenvalue weighted by Crippen LogP contribution is -2.18. The molecule has 3 N–H and O–H groups in total. The molecule has 2 aromatic heterocycles. The summed E-state index contributed by atoms with van der Waals surface area (Å²) in [7, 11) is 0. The van der Waals surface area contributed by atoms with Crippen LogP contribution in [0.25, 0.3) is 0 Å². The largest absolute Gasteiger partial charge is 0.395 e. The smallest absolute Gasteiger partial charge is 0.276 e. The Balaban J connectivity index is 2.30. The predicted molar refractivity (Wildman–Crippen MR) is 61.5 cm³/mol. The van der Waals surface area contributed by atoms with Gasteiger partial charge in [-0.15, -0.1) is 0 Å². The number of nitrogen functional groups attached to an aromatic ring is 1. The van der Waals surface area contributed by atoms with Crippen LogP contribution >= 0.6 is 0 Å². The van der Waals surface area contributed by atoms with Crippen LogP contribution in [0.4, 0.5) is 11.4 Å². The Morgan fingerprint density at radius 1 is 1.65 bits per heavy atom. The standard InChI is InChI=1S/C10H13N5O2/c1-3-15-9(8(11)6(2)14-15)10(16)13-7-4-12-17-5-7/h4-5H,3,11H2,1-2H3,(H,13,16). The topological polar surface area (TPSA) is 99.0 Å². The molecule has 0 bridgehead atoms. The number of hydrogen-bond acceptors (Lipinski definition) is 5. The van der Waals surface area contributed by atoms with E-state index in [4.69, 9.17) is 5.73 Å². The van der Waals surface area contributed by atoms with E-state index in [1.165, 1.54) is 12.5 Å². The minimum absolute atomic E-state index is 0.326. The molecule has 17 heavy (non-hydrogen) atoms. The Kier molecular flexibility index (Phi) is 2.82. The maximum Gasteiger partial charge on any atom is 0.276 e. The first-order valence-electron chi connectivity index (χ1n) is 5.17. The summed E-state index contributed by atoms with van der Waals surface area (Å²) in [5.41, 5.74) is 7.69. The van der Waals surface area contributed by atoms with Crippen molar-refractivity contribution in [3.05, 3.63) is 23.8 Å². The van der Waals surface area contributed by atoms with Crippen LogP contribution in [0.3, 0.4) is 0 Å². The fourth-order valence-electron chi connectivity index (χ4n) is 1.52. The lowest BCUT2D eigenvalue weighted by molar-refractivity contribution is 0.101. The maximum absolute atomic E-state index is 12.0.